The van der Waals surface area contributed by atoms with Gasteiger partial charge in [0.15, 0.2) is 0 Å². The molecule has 0 spiro atoms. The van der Waals surface area contributed by atoms with Crippen molar-refractivity contribution in [2.45, 2.75) is 79.8 Å². The molecule has 4 atom stereocenters. The Morgan fingerprint density at radius 2 is 1.85 bits per heavy atom. The van der Waals surface area contributed by atoms with Crippen molar-refractivity contribution in [3.63, 3.8) is 0 Å². The van der Waals surface area contributed by atoms with Crippen molar-refractivity contribution in [1.82, 2.24) is 10.2 Å². The summed E-state index contributed by atoms with van der Waals surface area (Å²) < 4.78 is 0. The SMILES string of the molecule is CCCC(C)CN1CC(C(C)(C)C)NCC1C(C)CC. The standard InChI is InChI=1S/C18H38N2/c1-8-10-14(3)12-20-13-17(18(5,6)7)19-11-16(20)15(4)9-2/h14-17,19H,8-13H2,1-7H3. The lowest BCUT2D eigenvalue weighted by Gasteiger charge is -2.47. The monoisotopic (exact) mass is 282 g/mol. The van der Waals surface area contributed by atoms with Gasteiger partial charge in [0.1, 0.15) is 0 Å². The molecule has 0 saturated carbocycles. The molecular weight excluding hydrogens is 244 g/mol. The number of piperazine rings is 1. The van der Waals surface area contributed by atoms with Crippen LogP contribution in [0.25, 0.3) is 0 Å². The third-order valence-electron chi connectivity index (χ3n) is 5.13. The highest BCUT2D eigenvalue weighted by molar-refractivity contribution is 4.93. The van der Waals surface area contributed by atoms with Gasteiger partial charge in [0, 0.05) is 31.7 Å². The molecule has 1 heterocycles. The minimum Gasteiger partial charge on any atom is -0.311 e. The molecule has 0 aromatic heterocycles. The van der Waals surface area contributed by atoms with E-state index < -0.39 is 0 Å². The summed E-state index contributed by atoms with van der Waals surface area (Å²) in [4.78, 5) is 2.79. The molecule has 2 heteroatoms. The van der Waals surface area contributed by atoms with E-state index in [1.54, 1.807) is 0 Å². The Bertz CT molecular complexity index is 269. The second-order valence-corrected chi connectivity index (χ2v) is 8.13. The summed E-state index contributed by atoms with van der Waals surface area (Å²) in [5, 5.41) is 3.82. The van der Waals surface area contributed by atoms with E-state index in [2.05, 4.69) is 58.7 Å². The fourth-order valence-electron chi connectivity index (χ4n) is 3.43. The van der Waals surface area contributed by atoms with Crippen LogP contribution in [0.5, 0.6) is 0 Å². The van der Waals surface area contributed by atoms with E-state index in [1.165, 1.54) is 32.4 Å². The predicted molar refractivity (Wildman–Crippen MR) is 90.1 cm³/mol. The average Bonchev–Trinajstić information content (AvgIpc) is 2.37. The molecule has 1 aliphatic rings. The van der Waals surface area contributed by atoms with Crippen molar-refractivity contribution < 1.29 is 0 Å². The minimum absolute atomic E-state index is 0.354. The van der Waals surface area contributed by atoms with Gasteiger partial charge in [0.25, 0.3) is 0 Å². The zero-order chi connectivity index (χ0) is 15.3. The van der Waals surface area contributed by atoms with Crippen LogP contribution in [0.4, 0.5) is 0 Å². The fraction of sp³-hybridized carbons (Fsp3) is 1.00. The van der Waals surface area contributed by atoms with Crippen molar-refractivity contribution in [1.29, 1.82) is 0 Å². The van der Waals surface area contributed by atoms with Crippen LogP contribution in [0.3, 0.4) is 0 Å². The zero-order valence-corrected chi connectivity index (χ0v) is 15.0. The van der Waals surface area contributed by atoms with Crippen molar-refractivity contribution in [3.05, 3.63) is 0 Å². The first kappa shape index (κ1) is 18.0. The molecule has 2 nitrogen and oxygen atoms in total. The first-order valence-electron chi connectivity index (χ1n) is 8.77. The largest absolute Gasteiger partial charge is 0.311 e. The maximum absolute atomic E-state index is 3.82. The lowest BCUT2D eigenvalue weighted by Crippen LogP contribution is -2.62. The van der Waals surface area contributed by atoms with E-state index in [0.717, 1.165) is 24.4 Å². The molecule has 0 amide bonds. The summed E-state index contributed by atoms with van der Waals surface area (Å²) in [5.41, 5.74) is 0.354. The van der Waals surface area contributed by atoms with Gasteiger partial charge in [-0.1, -0.05) is 61.3 Å². The summed E-state index contributed by atoms with van der Waals surface area (Å²) in [6, 6.07) is 1.34. The Morgan fingerprint density at radius 1 is 1.20 bits per heavy atom. The quantitative estimate of drug-likeness (QED) is 0.787. The van der Waals surface area contributed by atoms with Crippen LogP contribution in [-0.4, -0.2) is 36.6 Å². The molecule has 1 fully saturated rings. The molecule has 0 radical (unpaired) electrons. The van der Waals surface area contributed by atoms with E-state index in [1.807, 2.05) is 0 Å². The Kier molecular flexibility index (Phi) is 7.00. The normalized spacial score (nSPS) is 28.4. The highest BCUT2D eigenvalue weighted by Crippen LogP contribution is 2.27. The Balaban J connectivity index is 2.72. The molecule has 1 saturated heterocycles. The predicted octanol–water partition coefficient (Wildman–Crippen LogP) is 4.16. The molecule has 1 aliphatic heterocycles. The lowest BCUT2D eigenvalue weighted by atomic mass is 9.82. The van der Waals surface area contributed by atoms with E-state index in [-0.39, 0.29) is 0 Å². The van der Waals surface area contributed by atoms with E-state index >= 15 is 0 Å². The molecule has 120 valence electrons. The van der Waals surface area contributed by atoms with Crippen molar-refractivity contribution >= 4 is 0 Å². The lowest BCUT2D eigenvalue weighted by molar-refractivity contribution is 0.0469. The topological polar surface area (TPSA) is 15.3 Å². The molecule has 0 aromatic rings. The van der Waals surface area contributed by atoms with Crippen molar-refractivity contribution in [2.75, 3.05) is 19.6 Å². The first-order valence-corrected chi connectivity index (χ1v) is 8.77. The van der Waals surface area contributed by atoms with Gasteiger partial charge in [-0.2, -0.15) is 0 Å². The maximum atomic E-state index is 3.82. The van der Waals surface area contributed by atoms with Crippen LogP contribution in [0, 0.1) is 17.3 Å². The Morgan fingerprint density at radius 3 is 2.35 bits per heavy atom. The third kappa shape index (κ3) is 5.04. The van der Waals surface area contributed by atoms with Gasteiger partial charge < -0.3 is 5.32 Å². The summed E-state index contributed by atoms with van der Waals surface area (Å²) in [6.45, 7) is 20.2. The van der Waals surface area contributed by atoms with Crippen LogP contribution >= 0.6 is 0 Å². The number of rotatable bonds is 6. The molecule has 1 N–H and O–H groups in total. The molecule has 0 aliphatic carbocycles. The molecule has 0 aromatic carbocycles. The van der Waals surface area contributed by atoms with Crippen molar-refractivity contribution in [3.8, 4) is 0 Å². The van der Waals surface area contributed by atoms with Gasteiger partial charge >= 0.3 is 0 Å². The van der Waals surface area contributed by atoms with Gasteiger partial charge in [0.2, 0.25) is 0 Å². The molecule has 4 unspecified atom stereocenters. The van der Waals surface area contributed by atoms with E-state index in [9.17, 15) is 0 Å². The summed E-state index contributed by atoms with van der Waals surface area (Å²) in [5.74, 6) is 1.61. The van der Waals surface area contributed by atoms with Gasteiger partial charge in [-0.25, -0.2) is 0 Å². The number of hydrogen-bond donors (Lipinski definition) is 1. The summed E-state index contributed by atoms with van der Waals surface area (Å²) >= 11 is 0. The van der Waals surface area contributed by atoms with Crippen LogP contribution < -0.4 is 5.32 Å². The van der Waals surface area contributed by atoms with Gasteiger partial charge in [-0.05, 0) is 23.7 Å². The molecule has 20 heavy (non-hydrogen) atoms. The number of nitrogens with one attached hydrogen (secondary N) is 1. The third-order valence-corrected chi connectivity index (χ3v) is 5.13. The second kappa shape index (κ2) is 7.79. The summed E-state index contributed by atoms with van der Waals surface area (Å²) in [6.07, 6.45) is 3.95. The Labute approximate surface area is 127 Å². The van der Waals surface area contributed by atoms with Crippen LogP contribution in [0.15, 0.2) is 0 Å². The van der Waals surface area contributed by atoms with Gasteiger partial charge in [0.05, 0.1) is 0 Å². The maximum Gasteiger partial charge on any atom is 0.0247 e. The van der Waals surface area contributed by atoms with Gasteiger partial charge in [-0.3, -0.25) is 4.90 Å². The van der Waals surface area contributed by atoms with Crippen LogP contribution in [0.2, 0.25) is 0 Å². The number of nitrogens with zero attached hydrogens (tertiary/aromatic N) is 1. The molecule has 0 bridgehead atoms. The van der Waals surface area contributed by atoms with E-state index in [0.29, 0.717) is 11.5 Å². The number of hydrogen-bond acceptors (Lipinski definition) is 2. The Hall–Kier alpha value is -0.0800. The highest BCUT2D eigenvalue weighted by atomic mass is 15.2. The first-order chi connectivity index (χ1) is 9.29. The zero-order valence-electron chi connectivity index (χ0n) is 15.0. The second-order valence-electron chi connectivity index (χ2n) is 8.13. The average molecular weight is 283 g/mol. The minimum atomic E-state index is 0.354. The van der Waals surface area contributed by atoms with E-state index in [4.69, 9.17) is 0 Å². The van der Waals surface area contributed by atoms with Gasteiger partial charge in [-0.15, -0.1) is 0 Å². The smallest absolute Gasteiger partial charge is 0.0247 e. The van der Waals surface area contributed by atoms with Crippen molar-refractivity contribution in [2.24, 2.45) is 17.3 Å². The molecular formula is C18H38N2. The van der Waals surface area contributed by atoms with Crippen LogP contribution in [-0.2, 0) is 0 Å². The van der Waals surface area contributed by atoms with Crippen LogP contribution in [0.1, 0.15) is 67.7 Å². The summed E-state index contributed by atoms with van der Waals surface area (Å²) in [7, 11) is 0. The fourth-order valence-corrected chi connectivity index (χ4v) is 3.43. The highest BCUT2D eigenvalue weighted by Gasteiger charge is 2.35. The molecule has 1 rings (SSSR count).